The Hall–Kier alpha value is -1.65. The number of carbonyl (C=O) groups excluding carboxylic acids is 1. The van der Waals surface area contributed by atoms with Gasteiger partial charge in [-0.3, -0.25) is 9.69 Å². The summed E-state index contributed by atoms with van der Waals surface area (Å²) in [6, 6.07) is 2.04. The zero-order chi connectivity index (χ0) is 16.7. The van der Waals surface area contributed by atoms with Gasteiger partial charge < -0.3 is 9.63 Å². The van der Waals surface area contributed by atoms with E-state index in [1.165, 1.54) is 0 Å². The molecule has 7 heteroatoms. The van der Waals surface area contributed by atoms with Gasteiger partial charge >= 0.3 is 0 Å². The average molecular weight is 368 g/mol. The third kappa shape index (κ3) is 2.57. The van der Waals surface area contributed by atoms with Gasteiger partial charge in [0.25, 0.3) is 5.91 Å². The topological polar surface area (TPSA) is 90.4 Å². The van der Waals surface area contributed by atoms with Gasteiger partial charge in [0, 0.05) is 5.41 Å². The first kappa shape index (κ1) is 16.7. The Morgan fingerprint density at radius 3 is 2.64 bits per heavy atom. The Labute approximate surface area is 137 Å². The molecule has 1 N–H and O–H groups in total. The molecule has 2 heterocycles. The predicted octanol–water partition coefficient (Wildman–Crippen LogP) is 2.96. The lowest BCUT2D eigenvalue weighted by molar-refractivity contribution is -0.115. The molecule has 22 heavy (non-hydrogen) atoms. The van der Waals surface area contributed by atoms with E-state index in [0.29, 0.717) is 22.2 Å². The second-order valence-corrected chi connectivity index (χ2v) is 7.00. The van der Waals surface area contributed by atoms with Crippen molar-refractivity contribution in [2.75, 3.05) is 4.90 Å². The fourth-order valence-electron chi connectivity index (χ4n) is 2.40. The molecule has 0 radical (unpaired) electrons. The molecule has 6 nitrogen and oxygen atoms in total. The summed E-state index contributed by atoms with van der Waals surface area (Å²) in [6.45, 7) is 7.62. The Morgan fingerprint density at radius 2 is 2.14 bits per heavy atom. The Balaban J connectivity index is 2.50. The highest BCUT2D eigenvalue weighted by Crippen LogP contribution is 2.38. The fourth-order valence-corrected chi connectivity index (χ4v) is 3.00. The zero-order valence-electron chi connectivity index (χ0n) is 13.0. The number of carbonyl (C=O) groups is 1. The lowest BCUT2D eigenvalue weighted by Gasteiger charge is -2.20. The first-order chi connectivity index (χ1) is 10.2. The van der Waals surface area contributed by atoms with E-state index in [2.05, 4.69) is 21.1 Å². The third-order valence-corrected chi connectivity index (χ3v) is 4.31. The van der Waals surface area contributed by atoms with Crippen LogP contribution in [0.25, 0.3) is 0 Å². The smallest absolute Gasteiger partial charge is 0.269 e. The second-order valence-electron chi connectivity index (χ2n) is 6.21. The largest absolute Gasteiger partial charge is 0.369 e. The maximum Gasteiger partial charge on any atom is 0.269 e. The van der Waals surface area contributed by atoms with Gasteiger partial charge in [0.05, 0.1) is 4.48 Å². The molecule has 1 atom stereocenters. The number of hydrogen-bond acceptors (Lipinski definition) is 5. The van der Waals surface area contributed by atoms with Crippen LogP contribution in [0.5, 0.6) is 0 Å². The van der Waals surface area contributed by atoms with Crippen molar-refractivity contribution >= 4 is 27.7 Å². The van der Waals surface area contributed by atoms with Gasteiger partial charge in [-0.15, -0.1) is 0 Å². The third-order valence-electron chi connectivity index (χ3n) is 3.46. The zero-order valence-corrected chi connectivity index (χ0v) is 14.6. The first-order valence-corrected chi connectivity index (χ1v) is 7.83. The van der Waals surface area contributed by atoms with Crippen LogP contribution in [-0.2, 0) is 10.2 Å². The SMILES string of the molecule is CCCC1=C(Br)C(=O)N(c2noc(C(C)(C)C)c2C#N)C1O. The van der Waals surface area contributed by atoms with Crippen LogP contribution < -0.4 is 4.90 Å². The molecular weight excluding hydrogens is 350 g/mol. The van der Waals surface area contributed by atoms with Gasteiger partial charge in [-0.05, 0) is 27.9 Å². The molecule has 0 aliphatic carbocycles. The number of aromatic nitrogens is 1. The standard InChI is InChI=1S/C15H18BrN3O3/c1-5-6-8-10(16)14(21)19(13(8)20)12-9(7-17)11(22-18-12)15(2,3)4/h13,20H,5-6H2,1-4H3. The highest BCUT2D eigenvalue weighted by Gasteiger charge is 2.42. The summed E-state index contributed by atoms with van der Waals surface area (Å²) in [7, 11) is 0. The molecule has 1 aromatic rings. The highest BCUT2D eigenvalue weighted by atomic mass is 79.9. The monoisotopic (exact) mass is 367 g/mol. The molecule has 0 fully saturated rings. The van der Waals surface area contributed by atoms with Crippen molar-refractivity contribution in [1.29, 1.82) is 5.26 Å². The summed E-state index contributed by atoms with van der Waals surface area (Å²) in [5.74, 6) is 0.0410. The molecule has 0 saturated carbocycles. The minimum Gasteiger partial charge on any atom is -0.369 e. The molecule has 0 bridgehead atoms. The summed E-state index contributed by atoms with van der Waals surface area (Å²) in [4.78, 5) is 13.5. The molecule has 0 saturated heterocycles. The van der Waals surface area contributed by atoms with Crippen LogP contribution in [0.4, 0.5) is 5.82 Å². The van der Waals surface area contributed by atoms with Gasteiger partial charge in [0.2, 0.25) is 0 Å². The number of amides is 1. The quantitative estimate of drug-likeness (QED) is 0.886. The van der Waals surface area contributed by atoms with Crippen molar-refractivity contribution < 1.29 is 14.4 Å². The maximum absolute atomic E-state index is 12.4. The Kier molecular flexibility index (Phi) is 4.45. The molecule has 0 aromatic carbocycles. The maximum atomic E-state index is 12.4. The summed E-state index contributed by atoms with van der Waals surface area (Å²) >= 11 is 3.23. The predicted molar refractivity (Wildman–Crippen MR) is 84.3 cm³/mol. The number of hydrogen-bond donors (Lipinski definition) is 1. The van der Waals surface area contributed by atoms with E-state index in [0.717, 1.165) is 11.3 Å². The minimum absolute atomic E-state index is 0.0629. The van der Waals surface area contributed by atoms with E-state index in [1.807, 2.05) is 33.8 Å². The van der Waals surface area contributed by atoms with Gasteiger partial charge in [-0.1, -0.05) is 39.3 Å². The lowest BCUT2D eigenvalue weighted by atomic mass is 9.90. The van der Waals surface area contributed by atoms with Gasteiger partial charge in [-0.2, -0.15) is 5.26 Å². The van der Waals surface area contributed by atoms with Gasteiger partial charge in [-0.25, -0.2) is 0 Å². The number of aliphatic hydroxyl groups is 1. The number of nitrogens with zero attached hydrogens (tertiary/aromatic N) is 3. The molecule has 1 unspecified atom stereocenters. The number of rotatable bonds is 3. The summed E-state index contributed by atoms with van der Waals surface area (Å²) in [6.07, 6.45) is 0.238. The van der Waals surface area contributed by atoms with E-state index in [1.54, 1.807) is 0 Å². The van der Waals surface area contributed by atoms with E-state index in [-0.39, 0.29) is 11.4 Å². The van der Waals surface area contributed by atoms with Crippen LogP contribution in [-0.4, -0.2) is 22.4 Å². The number of nitriles is 1. The summed E-state index contributed by atoms with van der Waals surface area (Å²) in [5.41, 5.74) is 0.343. The van der Waals surface area contributed by atoms with Crippen molar-refractivity contribution in [1.82, 2.24) is 5.16 Å². The number of aliphatic hydroxyl groups excluding tert-OH is 1. The fraction of sp³-hybridized carbons (Fsp3) is 0.533. The number of anilines is 1. The van der Waals surface area contributed by atoms with Crippen molar-refractivity contribution in [3.63, 3.8) is 0 Å². The van der Waals surface area contributed by atoms with Crippen LogP contribution in [0.3, 0.4) is 0 Å². The number of halogens is 1. The van der Waals surface area contributed by atoms with Crippen LogP contribution >= 0.6 is 15.9 Å². The highest BCUT2D eigenvalue weighted by molar-refractivity contribution is 9.12. The molecule has 1 aliphatic heterocycles. The molecule has 118 valence electrons. The lowest BCUT2D eigenvalue weighted by Crippen LogP contribution is -2.36. The molecule has 1 amide bonds. The van der Waals surface area contributed by atoms with E-state index in [4.69, 9.17) is 4.52 Å². The first-order valence-electron chi connectivity index (χ1n) is 7.04. The molecule has 1 aromatic heterocycles. The molecular formula is C15H18BrN3O3. The second kappa shape index (κ2) is 5.86. The summed E-state index contributed by atoms with van der Waals surface area (Å²) < 4.78 is 5.60. The summed E-state index contributed by atoms with van der Waals surface area (Å²) in [5, 5.41) is 23.7. The van der Waals surface area contributed by atoms with Gasteiger partial charge in [0.15, 0.2) is 17.8 Å². The van der Waals surface area contributed by atoms with E-state index >= 15 is 0 Å². The van der Waals surface area contributed by atoms with Crippen LogP contribution in [0.2, 0.25) is 0 Å². The molecule has 1 aliphatic rings. The molecule has 0 spiro atoms. The Bertz CT molecular complexity index is 679. The van der Waals surface area contributed by atoms with Crippen LogP contribution in [0.15, 0.2) is 14.6 Å². The van der Waals surface area contributed by atoms with Crippen LogP contribution in [0.1, 0.15) is 51.9 Å². The van der Waals surface area contributed by atoms with Crippen molar-refractivity contribution in [2.24, 2.45) is 0 Å². The molecule has 2 rings (SSSR count). The average Bonchev–Trinajstić information content (AvgIpc) is 2.94. The van der Waals surface area contributed by atoms with Crippen molar-refractivity contribution in [3.05, 3.63) is 21.4 Å². The van der Waals surface area contributed by atoms with E-state index in [9.17, 15) is 15.2 Å². The van der Waals surface area contributed by atoms with Gasteiger partial charge in [0.1, 0.15) is 11.6 Å². The van der Waals surface area contributed by atoms with Crippen LogP contribution in [0, 0.1) is 11.3 Å². The van der Waals surface area contributed by atoms with E-state index < -0.39 is 17.6 Å². The van der Waals surface area contributed by atoms with Crippen molar-refractivity contribution in [2.45, 2.75) is 52.2 Å². The normalized spacial score (nSPS) is 19.0. The minimum atomic E-state index is -1.13. The van der Waals surface area contributed by atoms with Crippen molar-refractivity contribution in [3.8, 4) is 6.07 Å². The Morgan fingerprint density at radius 1 is 1.50 bits per heavy atom.